The molecule has 2 heteroatoms. The van der Waals surface area contributed by atoms with Gasteiger partial charge in [-0.15, -0.1) is 11.3 Å². The minimum Gasteiger partial charge on any atom is -0.327 e. The number of thiophene rings is 1. The second kappa shape index (κ2) is 5.83. The topological polar surface area (TPSA) is 26.0 Å². The predicted octanol–water partition coefficient (Wildman–Crippen LogP) is 3.83. The molecule has 0 aromatic carbocycles. The van der Waals surface area contributed by atoms with Crippen molar-refractivity contribution in [2.24, 2.45) is 17.6 Å². The van der Waals surface area contributed by atoms with Crippen molar-refractivity contribution in [2.45, 2.75) is 51.5 Å². The van der Waals surface area contributed by atoms with E-state index in [1.807, 2.05) is 11.3 Å². The summed E-state index contributed by atoms with van der Waals surface area (Å²) < 4.78 is 0. The Labute approximate surface area is 103 Å². The lowest BCUT2D eigenvalue weighted by Gasteiger charge is -2.31. The Morgan fingerprint density at radius 3 is 2.69 bits per heavy atom. The maximum Gasteiger partial charge on any atom is 0.0116 e. The van der Waals surface area contributed by atoms with Crippen molar-refractivity contribution >= 4 is 11.3 Å². The number of hydrogen-bond acceptors (Lipinski definition) is 2. The third-order valence-corrected chi connectivity index (χ3v) is 4.99. The summed E-state index contributed by atoms with van der Waals surface area (Å²) in [6, 6.07) is 4.72. The molecule has 0 bridgehead atoms. The number of hydrogen-bond donors (Lipinski definition) is 1. The first-order chi connectivity index (χ1) is 7.79. The first kappa shape index (κ1) is 12.1. The van der Waals surface area contributed by atoms with Crippen LogP contribution in [0.4, 0.5) is 0 Å². The van der Waals surface area contributed by atoms with Crippen LogP contribution in [0.15, 0.2) is 17.5 Å². The molecule has 1 nitrogen and oxygen atoms in total. The van der Waals surface area contributed by atoms with E-state index < -0.39 is 0 Å². The number of nitrogens with two attached hydrogens (primary N) is 1. The summed E-state index contributed by atoms with van der Waals surface area (Å²) in [5, 5.41) is 2.15. The first-order valence-electron chi connectivity index (χ1n) is 6.57. The zero-order valence-corrected chi connectivity index (χ0v) is 11.0. The van der Waals surface area contributed by atoms with Crippen LogP contribution in [0, 0.1) is 11.8 Å². The summed E-state index contributed by atoms with van der Waals surface area (Å²) in [6.07, 6.45) is 7.95. The standard InChI is InChI=1S/C14H23NS/c1-2-11-5-7-12(8-6-11)14(15)10-13-4-3-9-16-13/h3-4,9,11-12,14H,2,5-8,10,15H2,1H3. The summed E-state index contributed by atoms with van der Waals surface area (Å²) in [5.74, 6) is 1.75. The molecule has 1 saturated carbocycles. The molecule has 0 amide bonds. The van der Waals surface area contributed by atoms with Gasteiger partial charge in [0.15, 0.2) is 0 Å². The molecule has 1 atom stereocenters. The van der Waals surface area contributed by atoms with Crippen LogP contribution in [0.1, 0.15) is 43.9 Å². The molecule has 0 spiro atoms. The van der Waals surface area contributed by atoms with Crippen LogP contribution < -0.4 is 5.73 Å². The molecule has 1 aromatic heterocycles. The summed E-state index contributed by atoms with van der Waals surface area (Å²) in [6.45, 7) is 2.32. The van der Waals surface area contributed by atoms with Crippen molar-refractivity contribution in [3.05, 3.63) is 22.4 Å². The Bertz CT molecular complexity index is 286. The fourth-order valence-corrected chi connectivity index (χ4v) is 3.63. The van der Waals surface area contributed by atoms with E-state index in [0.29, 0.717) is 6.04 Å². The van der Waals surface area contributed by atoms with Gasteiger partial charge in [-0.3, -0.25) is 0 Å². The van der Waals surface area contributed by atoms with Gasteiger partial charge in [0.1, 0.15) is 0 Å². The molecule has 0 radical (unpaired) electrons. The molecule has 1 aliphatic carbocycles. The van der Waals surface area contributed by atoms with E-state index in [9.17, 15) is 0 Å². The highest BCUT2D eigenvalue weighted by molar-refractivity contribution is 7.09. The lowest BCUT2D eigenvalue weighted by atomic mass is 9.77. The van der Waals surface area contributed by atoms with Gasteiger partial charge in [-0.05, 0) is 42.5 Å². The third kappa shape index (κ3) is 3.08. The molecule has 16 heavy (non-hydrogen) atoms. The molecule has 1 aliphatic rings. The smallest absolute Gasteiger partial charge is 0.0116 e. The van der Waals surface area contributed by atoms with Gasteiger partial charge in [0, 0.05) is 10.9 Å². The maximum atomic E-state index is 6.33. The molecular weight excluding hydrogens is 214 g/mol. The normalized spacial score (nSPS) is 27.9. The van der Waals surface area contributed by atoms with Gasteiger partial charge in [0.2, 0.25) is 0 Å². The summed E-state index contributed by atoms with van der Waals surface area (Å²) >= 11 is 1.84. The van der Waals surface area contributed by atoms with Crippen molar-refractivity contribution in [1.82, 2.24) is 0 Å². The van der Waals surface area contributed by atoms with E-state index >= 15 is 0 Å². The quantitative estimate of drug-likeness (QED) is 0.846. The van der Waals surface area contributed by atoms with Crippen LogP contribution >= 0.6 is 11.3 Å². The van der Waals surface area contributed by atoms with Crippen LogP contribution in [0.25, 0.3) is 0 Å². The van der Waals surface area contributed by atoms with Gasteiger partial charge in [0.25, 0.3) is 0 Å². The van der Waals surface area contributed by atoms with Crippen molar-refractivity contribution in [1.29, 1.82) is 0 Å². The lowest BCUT2D eigenvalue weighted by molar-refractivity contribution is 0.238. The van der Waals surface area contributed by atoms with Crippen LogP contribution in [0.2, 0.25) is 0 Å². The predicted molar refractivity (Wildman–Crippen MR) is 71.7 cm³/mol. The van der Waals surface area contributed by atoms with Gasteiger partial charge >= 0.3 is 0 Å². The molecule has 1 heterocycles. The average Bonchev–Trinajstić information content (AvgIpc) is 2.82. The maximum absolute atomic E-state index is 6.33. The molecule has 0 saturated heterocycles. The molecule has 1 unspecified atom stereocenters. The second-order valence-electron chi connectivity index (χ2n) is 5.14. The van der Waals surface area contributed by atoms with E-state index in [-0.39, 0.29) is 0 Å². The molecule has 1 fully saturated rings. The Hall–Kier alpha value is -0.340. The monoisotopic (exact) mass is 237 g/mol. The summed E-state index contributed by atoms with van der Waals surface area (Å²) in [5.41, 5.74) is 6.33. The van der Waals surface area contributed by atoms with Gasteiger partial charge < -0.3 is 5.73 Å². The van der Waals surface area contributed by atoms with Crippen LogP contribution in [-0.2, 0) is 6.42 Å². The lowest BCUT2D eigenvalue weighted by Crippen LogP contribution is -2.34. The van der Waals surface area contributed by atoms with E-state index in [2.05, 4.69) is 24.4 Å². The summed E-state index contributed by atoms with van der Waals surface area (Å²) in [4.78, 5) is 1.45. The highest BCUT2D eigenvalue weighted by atomic mass is 32.1. The molecule has 1 aromatic rings. The van der Waals surface area contributed by atoms with Gasteiger partial charge in [-0.25, -0.2) is 0 Å². The average molecular weight is 237 g/mol. The Kier molecular flexibility index (Phi) is 4.42. The molecular formula is C14H23NS. The Morgan fingerprint density at radius 1 is 1.38 bits per heavy atom. The van der Waals surface area contributed by atoms with E-state index in [4.69, 9.17) is 5.73 Å². The first-order valence-corrected chi connectivity index (χ1v) is 7.45. The van der Waals surface area contributed by atoms with E-state index in [0.717, 1.165) is 18.3 Å². The van der Waals surface area contributed by atoms with Gasteiger partial charge in [-0.1, -0.05) is 32.3 Å². The van der Waals surface area contributed by atoms with Crippen LogP contribution in [0.5, 0.6) is 0 Å². The highest BCUT2D eigenvalue weighted by Gasteiger charge is 2.24. The van der Waals surface area contributed by atoms with Crippen molar-refractivity contribution in [3.8, 4) is 0 Å². The van der Waals surface area contributed by atoms with Crippen molar-refractivity contribution < 1.29 is 0 Å². The molecule has 90 valence electrons. The fraction of sp³-hybridized carbons (Fsp3) is 0.714. The van der Waals surface area contributed by atoms with Crippen molar-refractivity contribution in [2.75, 3.05) is 0 Å². The molecule has 2 N–H and O–H groups in total. The van der Waals surface area contributed by atoms with E-state index in [1.54, 1.807) is 0 Å². The Balaban J connectivity index is 1.80. The SMILES string of the molecule is CCC1CCC(C(N)Cc2cccs2)CC1. The molecule has 0 aliphatic heterocycles. The zero-order chi connectivity index (χ0) is 11.4. The highest BCUT2D eigenvalue weighted by Crippen LogP contribution is 2.32. The third-order valence-electron chi connectivity index (χ3n) is 4.09. The van der Waals surface area contributed by atoms with Gasteiger partial charge in [0.05, 0.1) is 0 Å². The molecule has 2 rings (SSSR count). The number of rotatable bonds is 4. The second-order valence-corrected chi connectivity index (χ2v) is 6.17. The van der Waals surface area contributed by atoms with Gasteiger partial charge in [-0.2, -0.15) is 0 Å². The van der Waals surface area contributed by atoms with E-state index in [1.165, 1.54) is 37.0 Å². The minimum absolute atomic E-state index is 0.386. The minimum atomic E-state index is 0.386. The van der Waals surface area contributed by atoms with Crippen molar-refractivity contribution in [3.63, 3.8) is 0 Å². The largest absolute Gasteiger partial charge is 0.327 e. The summed E-state index contributed by atoms with van der Waals surface area (Å²) in [7, 11) is 0. The Morgan fingerprint density at radius 2 is 2.12 bits per heavy atom. The van der Waals surface area contributed by atoms with Crippen LogP contribution in [-0.4, -0.2) is 6.04 Å². The fourth-order valence-electron chi connectivity index (χ4n) is 2.85. The zero-order valence-electron chi connectivity index (χ0n) is 10.2. The van der Waals surface area contributed by atoms with Crippen LogP contribution in [0.3, 0.4) is 0 Å².